The van der Waals surface area contributed by atoms with Crippen LogP contribution in [0.5, 0.6) is 0 Å². The topological polar surface area (TPSA) is 40.1 Å². The molecule has 5 nitrogen and oxygen atoms in total. The van der Waals surface area contributed by atoms with Gasteiger partial charge < -0.3 is 19.9 Å². The highest BCUT2D eigenvalue weighted by Gasteiger charge is 2.25. The molecule has 2 aliphatic heterocycles. The summed E-state index contributed by atoms with van der Waals surface area (Å²) in [5, 5.41) is 3.55. The Bertz CT molecular complexity index is 828. The van der Waals surface area contributed by atoms with Crippen molar-refractivity contribution in [1.82, 2.24) is 10.2 Å². The number of thioether (sulfide) groups is 1. The number of guanidine groups is 1. The van der Waals surface area contributed by atoms with Gasteiger partial charge >= 0.3 is 0 Å². The maximum absolute atomic E-state index is 5.96. The lowest BCUT2D eigenvalue weighted by atomic mass is 10.1. The van der Waals surface area contributed by atoms with Crippen LogP contribution in [-0.2, 0) is 17.9 Å². The van der Waals surface area contributed by atoms with E-state index in [9.17, 15) is 0 Å². The number of hydrogen-bond donors (Lipinski definition) is 1. The molecule has 0 bridgehead atoms. The minimum Gasteiger partial charge on any atom is -0.376 e. The van der Waals surface area contributed by atoms with Crippen molar-refractivity contribution in [3.8, 4) is 0 Å². The van der Waals surface area contributed by atoms with Crippen LogP contribution in [0.1, 0.15) is 17.5 Å². The molecule has 1 atom stereocenters. The van der Waals surface area contributed by atoms with Crippen LogP contribution < -0.4 is 10.2 Å². The predicted molar refractivity (Wildman–Crippen MR) is 147 cm³/mol. The van der Waals surface area contributed by atoms with Crippen LogP contribution in [-0.4, -0.2) is 62.2 Å². The zero-order chi connectivity index (χ0) is 21.3. The predicted octanol–water partition coefficient (Wildman–Crippen LogP) is 4.47. The molecule has 0 spiro atoms. The van der Waals surface area contributed by atoms with E-state index < -0.39 is 0 Å². The standard InChI is InChI=1S/C25H34N4OS.HI/c1-26-25(27-17-21-7-9-24(10-8-21)28-13-15-31-16-14-28)29-12-11-23(18-29)20-30-19-22-5-3-2-4-6-22;/h2-10,23H,11-20H2,1H3,(H,26,27);1H. The first-order valence-corrected chi connectivity index (χ1v) is 12.5. The average molecular weight is 567 g/mol. The van der Waals surface area contributed by atoms with Crippen LogP contribution in [0.4, 0.5) is 5.69 Å². The lowest BCUT2D eigenvalue weighted by Crippen LogP contribution is -2.39. The molecule has 174 valence electrons. The van der Waals surface area contributed by atoms with Crippen molar-refractivity contribution >= 4 is 47.4 Å². The number of aliphatic imine (C=N–C) groups is 1. The molecule has 0 radical (unpaired) electrons. The number of anilines is 1. The first-order valence-electron chi connectivity index (χ1n) is 11.3. The van der Waals surface area contributed by atoms with Gasteiger partial charge in [-0.1, -0.05) is 42.5 Å². The smallest absolute Gasteiger partial charge is 0.193 e. The second kappa shape index (κ2) is 13.3. The Kier molecular flexibility index (Phi) is 10.5. The monoisotopic (exact) mass is 566 g/mol. The Morgan fingerprint density at radius 3 is 2.50 bits per heavy atom. The fraction of sp³-hybridized carbons (Fsp3) is 0.480. The zero-order valence-electron chi connectivity index (χ0n) is 18.9. The van der Waals surface area contributed by atoms with E-state index in [1.165, 1.54) is 28.3 Å². The summed E-state index contributed by atoms with van der Waals surface area (Å²) in [6.45, 7) is 6.63. The molecule has 0 aromatic heterocycles. The maximum Gasteiger partial charge on any atom is 0.193 e. The number of nitrogens with one attached hydrogen (secondary N) is 1. The minimum absolute atomic E-state index is 0. The highest BCUT2D eigenvalue weighted by atomic mass is 127. The molecule has 2 fully saturated rings. The molecule has 7 heteroatoms. The van der Waals surface area contributed by atoms with Gasteiger partial charge in [0.15, 0.2) is 5.96 Å². The summed E-state index contributed by atoms with van der Waals surface area (Å²) in [4.78, 5) is 9.36. The van der Waals surface area contributed by atoms with E-state index >= 15 is 0 Å². The molecule has 1 N–H and O–H groups in total. The van der Waals surface area contributed by atoms with E-state index in [-0.39, 0.29) is 24.0 Å². The van der Waals surface area contributed by atoms with Crippen molar-refractivity contribution in [2.45, 2.75) is 19.6 Å². The number of benzene rings is 2. The molecule has 2 aromatic carbocycles. The summed E-state index contributed by atoms with van der Waals surface area (Å²) < 4.78 is 5.96. The largest absolute Gasteiger partial charge is 0.376 e. The van der Waals surface area contributed by atoms with Crippen LogP contribution in [0.2, 0.25) is 0 Å². The van der Waals surface area contributed by atoms with Gasteiger partial charge in [-0.3, -0.25) is 4.99 Å². The molecule has 2 aromatic rings. The lowest BCUT2D eigenvalue weighted by molar-refractivity contribution is 0.0906. The number of halogens is 1. The Labute approximate surface area is 214 Å². The fourth-order valence-electron chi connectivity index (χ4n) is 4.24. The first-order chi connectivity index (χ1) is 15.3. The maximum atomic E-state index is 5.96. The number of rotatable bonds is 7. The van der Waals surface area contributed by atoms with Crippen molar-refractivity contribution in [2.75, 3.05) is 56.2 Å². The average Bonchev–Trinajstić information content (AvgIpc) is 3.30. The van der Waals surface area contributed by atoms with Crippen molar-refractivity contribution in [3.05, 3.63) is 65.7 Å². The molecule has 0 amide bonds. The minimum atomic E-state index is 0. The van der Waals surface area contributed by atoms with E-state index in [2.05, 4.69) is 68.6 Å². The molecular weight excluding hydrogens is 531 g/mol. The van der Waals surface area contributed by atoms with Gasteiger partial charge in [0.05, 0.1) is 13.2 Å². The van der Waals surface area contributed by atoms with Crippen molar-refractivity contribution < 1.29 is 4.74 Å². The number of likely N-dealkylation sites (tertiary alicyclic amines) is 1. The number of hydrogen-bond acceptors (Lipinski definition) is 4. The Morgan fingerprint density at radius 2 is 1.78 bits per heavy atom. The Balaban J connectivity index is 0.00000289. The summed E-state index contributed by atoms with van der Waals surface area (Å²) in [5.41, 5.74) is 3.87. The van der Waals surface area contributed by atoms with Crippen molar-refractivity contribution in [1.29, 1.82) is 0 Å². The molecule has 2 aliphatic rings. The molecule has 2 heterocycles. The van der Waals surface area contributed by atoms with E-state index in [1.54, 1.807) is 0 Å². The van der Waals surface area contributed by atoms with E-state index in [4.69, 9.17) is 4.74 Å². The zero-order valence-corrected chi connectivity index (χ0v) is 22.1. The van der Waals surface area contributed by atoms with Crippen LogP contribution in [0.25, 0.3) is 0 Å². The first kappa shape index (κ1) is 25.2. The highest BCUT2D eigenvalue weighted by molar-refractivity contribution is 14.0. The Morgan fingerprint density at radius 1 is 1.03 bits per heavy atom. The van der Waals surface area contributed by atoms with Crippen LogP contribution >= 0.6 is 35.7 Å². The van der Waals surface area contributed by atoms with Gasteiger partial charge in [0, 0.05) is 62.9 Å². The fourth-order valence-corrected chi connectivity index (χ4v) is 5.14. The third-order valence-corrected chi connectivity index (χ3v) is 6.97. The second-order valence-electron chi connectivity index (χ2n) is 8.27. The molecule has 0 aliphatic carbocycles. The van der Waals surface area contributed by atoms with E-state index in [1.807, 2.05) is 24.9 Å². The normalized spacial score (nSPS) is 19.0. The summed E-state index contributed by atoms with van der Waals surface area (Å²) >= 11 is 2.05. The molecule has 0 saturated carbocycles. The highest BCUT2D eigenvalue weighted by Crippen LogP contribution is 2.20. The van der Waals surface area contributed by atoms with Gasteiger partial charge in [-0.2, -0.15) is 11.8 Å². The summed E-state index contributed by atoms with van der Waals surface area (Å²) in [7, 11) is 1.87. The van der Waals surface area contributed by atoms with E-state index in [0.29, 0.717) is 12.5 Å². The molecule has 4 rings (SSSR count). The van der Waals surface area contributed by atoms with Gasteiger partial charge in [0.2, 0.25) is 0 Å². The lowest BCUT2D eigenvalue weighted by Gasteiger charge is -2.28. The van der Waals surface area contributed by atoms with Crippen LogP contribution in [0.15, 0.2) is 59.6 Å². The number of ether oxygens (including phenoxy) is 1. The third kappa shape index (κ3) is 7.28. The van der Waals surface area contributed by atoms with Crippen LogP contribution in [0.3, 0.4) is 0 Å². The SMILES string of the molecule is CN=C(NCc1ccc(N2CCSCC2)cc1)N1CCC(COCc2ccccc2)C1.I. The van der Waals surface area contributed by atoms with E-state index in [0.717, 1.165) is 51.7 Å². The summed E-state index contributed by atoms with van der Waals surface area (Å²) in [6.07, 6.45) is 1.15. The van der Waals surface area contributed by atoms with Gasteiger partial charge in [0.1, 0.15) is 0 Å². The quantitative estimate of drug-likeness (QED) is 0.304. The van der Waals surface area contributed by atoms with Gasteiger partial charge in [-0.05, 0) is 29.7 Å². The van der Waals surface area contributed by atoms with Crippen molar-refractivity contribution in [3.63, 3.8) is 0 Å². The number of nitrogens with zero attached hydrogens (tertiary/aromatic N) is 3. The second-order valence-corrected chi connectivity index (χ2v) is 9.49. The molecule has 2 saturated heterocycles. The van der Waals surface area contributed by atoms with Crippen molar-refractivity contribution in [2.24, 2.45) is 10.9 Å². The van der Waals surface area contributed by atoms with Gasteiger partial charge in [-0.25, -0.2) is 0 Å². The third-order valence-electron chi connectivity index (χ3n) is 6.03. The summed E-state index contributed by atoms with van der Waals surface area (Å²) in [5.74, 6) is 4.01. The van der Waals surface area contributed by atoms with Crippen LogP contribution in [0, 0.1) is 5.92 Å². The summed E-state index contributed by atoms with van der Waals surface area (Å²) in [6, 6.07) is 19.4. The molecule has 32 heavy (non-hydrogen) atoms. The molecular formula is C25H35IN4OS. The molecule has 1 unspecified atom stereocenters. The Hall–Kier alpha value is -1.45. The van der Waals surface area contributed by atoms with Gasteiger partial charge in [-0.15, -0.1) is 24.0 Å². The van der Waals surface area contributed by atoms with Gasteiger partial charge in [0.25, 0.3) is 0 Å².